The molecule has 0 aliphatic carbocycles. The first-order valence-electron chi connectivity index (χ1n) is 7.83. The summed E-state index contributed by atoms with van der Waals surface area (Å²) in [6, 6.07) is 11.3. The van der Waals surface area contributed by atoms with Crippen molar-refractivity contribution in [1.82, 2.24) is 15.1 Å². The van der Waals surface area contributed by atoms with Gasteiger partial charge < -0.3 is 10.2 Å². The van der Waals surface area contributed by atoms with Crippen molar-refractivity contribution in [2.45, 2.75) is 26.3 Å². The molecule has 1 rings (SSSR count). The number of benzene rings is 1. The molecule has 3 nitrogen and oxygen atoms in total. The van der Waals surface area contributed by atoms with Gasteiger partial charge in [0.2, 0.25) is 0 Å². The van der Waals surface area contributed by atoms with Crippen LogP contribution >= 0.6 is 0 Å². The molecule has 0 fully saturated rings. The first kappa shape index (κ1) is 17.2. The zero-order valence-corrected chi connectivity index (χ0v) is 13.6. The average molecular weight is 277 g/mol. The minimum atomic E-state index is 0.477. The molecule has 1 N–H and O–H groups in total. The van der Waals surface area contributed by atoms with E-state index in [2.05, 4.69) is 73.4 Å². The zero-order chi connectivity index (χ0) is 14.8. The molecule has 0 radical (unpaired) electrons. The van der Waals surface area contributed by atoms with Gasteiger partial charge in [-0.25, -0.2) is 0 Å². The topological polar surface area (TPSA) is 18.5 Å². The van der Waals surface area contributed by atoms with Crippen molar-refractivity contribution in [2.75, 3.05) is 46.8 Å². The summed E-state index contributed by atoms with van der Waals surface area (Å²) in [6.07, 6.45) is 1.20. The summed E-state index contributed by atoms with van der Waals surface area (Å²) in [6.45, 7) is 9.93. The van der Waals surface area contributed by atoms with E-state index in [0.29, 0.717) is 6.04 Å². The average Bonchev–Trinajstić information content (AvgIpc) is 2.46. The van der Waals surface area contributed by atoms with Crippen LogP contribution in [0.25, 0.3) is 0 Å². The standard InChI is InChI=1S/C17H31N3/c1-5-20(6-2)17(16-11-8-7-9-12-16)15-18-13-10-14-19(3)4/h7-9,11-12,17-18H,5-6,10,13-15H2,1-4H3. The Hall–Kier alpha value is -0.900. The molecule has 1 aromatic carbocycles. The first-order chi connectivity index (χ1) is 9.69. The number of hydrogen-bond acceptors (Lipinski definition) is 3. The van der Waals surface area contributed by atoms with Crippen molar-refractivity contribution >= 4 is 0 Å². The molecule has 1 unspecified atom stereocenters. The summed E-state index contributed by atoms with van der Waals surface area (Å²) in [5.74, 6) is 0. The maximum atomic E-state index is 3.62. The van der Waals surface area contributed by atoms with Crippen LogP contribution in [0.15, 0.2) is 30.3 Å². The highest BCUT2D eigenvalue weighted by Gasteiger charge is 2.16. The Morgan fingerprint density at radius 1 is 1.05 bits per heavy atom. The molecule has 0 saturated heterocycles. The van der Waals surface area contributed by atoms with E-state index in [1.54, 1.807) is 0 Å². The van der Waals surface area contributed by atoms with Gasteiger partial charge in [-0.2, -0.15) is 0 Å². The molecule has 0 aliphatic heterocycles. The third-order valence-corrected chi connectivity index (χ3v) is 3.73. The van der Waals surface area contributed by atoms with Crippen LogP contribution in [-0.2, 0) is 0 Å². The van der Waals surface area contributed by atoms with Crippen molar-refractivity contribution in [2.24, 2.45) is 0 Å². The molecule has 0 saturated carbocycles. The summed E-state index contributed by atoms with van der Waals surface area (Å²) < 4.78 is 0. The van der Waals surface area contributed by atoms with Crippen LogP contribution in [-0.4, -0.2) is 56.6 Å². The van der Waals surface area contributed by atoms with E-state index in [1.807, 2.05) is 0 Å². The predicted octanol–water partition coefficient (Wildman–Crippen LogP) is 2.61. The van der Waals surface area contributed by atoms with Gasteiger partial charge >= 0.3 is 0 Å². The molecule has 3 heteroatoms. The van der Waals surface area contributed by atoms with Crippen molar-refractivity contribution in [3.63, 3.8) is 0 Å². The van der Waals surface area contributed by atoms with Gasteiger partial charge in [-0.1, -0.05) is 44.2 Å². The molecule has 0 amide bonds. The zero-order valence-electron chi connectivity index (χ0n) is 13.6. The van der Waals surface area contributed by atoms with E-state index in [0.717, 1.165) is 32.7 Å². The van der Waals surface area contributed by atoms with Crippen LogP contribution in [0.5, 0.6) is 0 Å². The van der Waals surface area contributed by atoms with Crippen LogP contribution in [0.1, 0.15) is 31.9 Å². The van der Waals surface area contributed by atoms with E-state index in [1.165, 1.54) is 12.0 Å². The lowest BCUT2D eigenvalue weighted by Crippen LogP contribution is -2.36. The van der Waals surface area contributed by atoms with Crippen LogP contribution in [0, 0.1) is 0 Å². The van der Waals surface area contributed by atoms with Crippen molar-refractivity contribution in [3.05, 3.63) is 35.9 Å². The lowest BCUT2D eigenvalue weighted by Gasteiger charge is -2.30. The van der Waals surface area contributed by atoms with Crippen LogP contribution in [0.2, 0.25) is 0 Å². The second-order valence-corrected chi connectivity index (χ2v) is 5.51. The number of nitrogens with one attached hydrogen (secondary N) is 1. The van der Waals surface area contributed by atoms with Crippen molar-refractivity contribution in [1.29, 1.82) is 0 Å². The fraction of sp³-hybridized carbons (Fsp3) is 0.647. The van der Waals surface area contributed by atoms with Gasteiger partial charge in [0.15, 0.2) is 0 Å². The SMILES string of the molecule is CCN(CC)C(CNCCCN(C)C)c1ccccc1. The maximum Gasteiger partial charge on any atom is 0.0472 e. The maximum absolute atomic E-state index is 3.62. The van der Waals surface area contributed by atoms with E-state index >= 15 is 0 Å². The molecule has 0 bridgehead atoms. The lowest BCUT2D eigenvalue weighted by atomic mass is 10.1. The fourth-order valence-corrected chi connectivity index (χ4v) is 2.56. The number of rotatable bonds is 10. The van der Waals surface area contributed by atoms with Gasteiger partial charge in [0.1, 0.15) is 0 Å². The number of likely N-dealkylation sites (N-methyl/N-ethyl adjacent to an activating group) is 1. The molecule has 0 heterocycles. The van der Waals surface area contributed by atoms with Gasteiger partial charge in [-0.3, -0.25) is 4.90 Å². The largest absolute Gasteiger partial charge is 0.315 e. The summed E-state index contributed by atoms with van der Waals surface area (Å²) in [5, 5.41) is 3.62. The van der Waals surface area contributed by atoms with Gasteiger partial charge in [0.05, 0.1) is 0 Å². The summed E-state index contributed by atoms with van der Waals surface area (Å²) in [5.41, 5.74) is 1.41. The minimum Gasteiger partial charge on any atom is -0.315 e. The van der Waals surface area contributed by atoms with E-state index in [-0.39, 0.29) is 0 Å². The third kappa shape index (κ3) is 6.04. The third-order valence-electron chi connectivity index (χ3n) is 3.73. The lowest BCUT2D eigenvalue weighted by molar-refractivity contribution is 0.213. The molecule has 0 aliphatic rings. The van der Waals surface area contributed by atoms with Crippen LogP contribution < -0.4 is 5.32 Å². The predicted molar refractivity (Wildman–Crippen MR) is 88.1 cm³/mol. The van der Waals surface area contributed by atoms with Gasteiger partial charge in [0.25, 0.3) is 0 Å². The highest BCUT2D eigenvalue weighted by molar-refractivity contribution is 5.19. The monoisotopic (exact) mass is 277 g/mol. The Labute approximate surface area is 125 Å². The number of hydrogen-bond donors (Lipinski definition) is 1. The molecular weight excluding hydrogens is 246 g/mol. The molecule has 0 spiro atoms. The summed E-state index contributed by atoms with van der Waals surface area (Å²) in [4.78, 5) is 4.76. The smallest absolute Gasteiger partial charge is 0.0472 e. The Bertz CT molecular complexity index is 333. The van der Waals surface area contributed by atoms with Crippen LogP contribution in [0.4, 0.5) is 0 Å². The highest BCUT2D eigenvalue weighted by Crippen LogP contribution is 2.19. The molecule has 20 heavy (non-hydrogen) atoms. The van der Waals surface area contributed by atoms with Crippen molar-refractivity contribution < 1.29 is 0 Å². The second-order valence-electron chi connectivity index (χ2n) is 5.51. The minimum absolute atomic E-state index is 0.477. The Kier molecular flexibility index (Phi) is 8.51. The van der Waals surface area contributed by atoms with E-state index < -0.39 is 0 Å². The summed E-state index contributed by atoms with van der Waals surface area (Å²) in [7, 11) is 4.26. The summed E-state index contributed by atoms with van der Waals surface area (Å²) >= 11 is 0. The van der Waals surface area contributed by atoms with Crippen molar-refractivity contribution in [3.8, 4) is 0 Å². The van der Waals surface area contributed by atoms with E-state index in [9.17, 15) is 0 Å². The highest BCUT2D eigenvalue weighted by atomic mass is 15.2. The molecule has 1 atom stereocenters. The Morgan fingerprint density at radius 2 is 1.70 bits per heavy atom. The molecule has 0 aromatic heterocycles. The van der Waals surface area contributed by atoms with Gasteiger partial charge in [0, 0.05) is 12.6 Å². The van der Waals surface area contributed by atoms with E-state index in [4.69, 9.17) is 0 Å². The second kappa shape index (κ2) is 9.92. The molecule has 114 valence electrons. The van der Waals surface area contributed by atoms with Gasteiger partial charge in [-0.05, 0) is 52.3 Å². The normalized spacial score (nSPS) is 13.1. The molecule has 1 aromatic rings. The first-order valence-corrected chi connectivity index (χ1v) is 7.83. The fourth-order valence-electron chi connectivity index (χ4n) is 2.56. The molecular formula is C17H31N3. The Balaban J connectivity index is 2.51. The number of nitrogens with zero attached hydrogens (tertiary/aromatic N) is 2. The van der Waals surface area contributed by atoms with Gasteiger partial charge in [-0.15, -0.1) is 0 Å². The Morgan fingerprint density at radius 3 is 2.25 bits per heavy atom. The quantitative estimate of drug-likeness (QED) is 0.663. The van der Waals surface area contributed by atoms with Crippen LogP contribution in [0.3, 0.4) is 0 Å².